The predicted octanol–water partition coefficient (Wildman–Crippen LogP) is 0.343. The van der Waals surface area contributed by atoms with Gasteiger partial charge in [-0.3, -0.25) is 0 Å². The van der Waals surface area contributed by atoms with Crippen LogP contribution >= 0.6 is 0 Å². The van der Waals surface area contributed by atoms with Crippen molar-refractivity contribution in [3.8, 4) is 0 Å². The van der Waals surface area contributed by atoms with Crippen molar-refractivity contribution in [1.82, 2.24) is 0 Å². The van der Waals surface area contributed by atoms with Crippen molar-refractivity contribution in [3.63, 3.8) is 0 Å². The van der Waals surface area contributed by atoms with Crippen LogP contribution in [0.3, 0.4) is 0 Å². The van der Waals surface area contributed by atoms with Crippen LogP contribution in [0.1, 0.15) is 54.4 Å². The molecule has 0 aliphatic rings. The van der Waals surface area contributed by atoms with Gasteiger partial charge in [0.25, 0.3) is 0 Å². The van der Waals surface area contributed by atoms with Gasteiger partial charge in [-0.2, -0.15) is 0 Å². The molecule has 0 fully saturated rings. The van der Waals surface area contributed by atoms with Gasteiger partial charge in [0.15, 0.2) is 0 Å². The summed E-state index contributed by atoms with van der Waals surface area (Å²) in [5.74, 6) is -1.94. The van der Waals surface area contributed by atoms with E-state index in [-0.39, 0.29) is 17.1 Å². The number of rotatable bonds is 4. The van der Waals surface area contributed by atoms with Crippen molar-refractivity contribution in [2.24, 2.45) is 10.8 Å². The topological polar surface area (TPSA) is 80.3 Å². The van der Waals surface area contributed by atoms with E-state index in [1.807, 2.05) is 13.8 Å². The third-order valence-corrected chi connectivity index (χ3v) is 2.87. The number of aliphatic carboxylic acids is 2. The van der Waals surface area contributed by atoms with E-state index in [2.05, 4.69) is 0 Å². The minimum absolute atomic E-state index is 0. The van der Waals surface area contributed by atoms with Crippen LogP contribution in [0.15, 0.2) is 0 Å². The van der Waals surface area contributed by atoms with Gasteiger partial charge in [0.2, 0.25) is 0 Å². The molecule has 4 nitrogen and oxygen atoms in total. The Morgan fingerprint density at radius 1 is 0.824 bits per heavy atom. The average Bonchev–Trinajstić information content (AvgIpc) is 2.18. The van der Waals surface area contributed by atoms with Gasteiger partial charge in [-0.05, 0) is 12.8 Å². The summed E-state index contributed by atoms with van der Waals surface area (Å²) in [4.78, 5) is 20.3. The van der Waals surface area contributed by atoms with Crippen LogP contribution < -0.4 is 10.2 Å². The van der Waals surface area contributed by atoms with Crippen LogP contribution in [0.5, 0.6) is 0 Å². The number of carbonyl (C=O) groups excluding carboxylic acids is 2. The standard InChI is InChI=1S/2C6H12O2.Cu/c2*1-4-6(2,3)5(7)8;/h2*4H2,1-3H3,(H,7,8);/q;;+2/p-2. The molecule has 0 aliphatic heterocycles. The summed E-state index contributed by atoms with van der Waals surface area (Å²) in [5.41, 5.74) is -1.31. The van der Waals surface area contributed by atoms with Gasteiger partial charge in [-0.15, -0.1) is 0 Å². The fourth-order valence-electron chi connectivity index (χ4n) is 0.289. The molecule has 0 amide bonds. The second kappa shape index (κ2) is 8.54. The first-order valence-electron chi connectivity index (χ1n) is 5.44. The van der Waals surface area contributed by atoms with Crippen LogP contribution in [-0.4, -0.2) is 11.9 Å². The van der Waals surface area contributed by atoms with Crippen molar-refractivity contribution >= 4 is 11.9 Å². The van der Waals surface area contributed by atoms with Crippen LogP contribution in [0, 0.1) is 10.8 Å². The monoisotopic (exact) mass is 293 g/mol. The third kappa shape index (κ3) is 9.19. The Kier molecular flexibility index (Phi) is 10.9. The molecule has 0 aromatic rings. The van der Waals surface area contributed by atoms with Crippen LogP contribution in [0.4, 0.5) is 0 Å². The molecule has 0 spiro atoms. The molecule has 0 rings (SSSR count). The van der Waals surface area contributed by atoms with Gasteiger partial charge in [-0.25, -0.2) is 0 Å². The third-order valence-electron chi connectivity index (χ3n) is 2.87. The van der Waals surface area contributed by atoms with Crippen molar-refractivity contribution in [2.75, 3.05) is 0 Å². The molecular weight excluding hydrogens is 272 g/mol. The summed E-state index contributed by atoms with van der Waals surface area (Å²) < 4.78 is 0. The van der Waals surface area contributed by atoms with Crippen molar-refractivity contribution in [1.29, 1.82) is 0 Å². The SMILES string of the molecule is CCC(C)(C)C(=O)[O-].CCC(C)(C)C(=O)[O-].[Cu+2]. The molecule has 0 heterocycles. The minimum atomic E-state index is -0.972. The van der Waals surface area contributed by atoms with E-state index < -0.39 is 22.8 Å². The molecule has 0 saturated heterocycles. The Hall–Kier alpha value is -0.541. The summed E-state index contributed by atoms with van der Waals surface area (Å²) in [7, 11) is 0. The summed E-state index contributed by atoms with van der Waals surface area (Å²) >= 11 is 0. The maximum atomic E-state index is 10.1. The molecule has 0 N–H and O–H groups in total. The summed E-state index contributed by atoms with van der Waals surface area (Å²) in [6.45, 7) is 10.3. The van der Waals surface area contributed by atoms with Crippen molar-refractivity contribution < 1.29 is 36.9 Å². The molecule has 0 atom stereocenters. The van der Waals surface area contributed by atoms with Crippen molar-refractivity contribution in [2.45, 2.75) is 54.4 Å². The van der Waals surface area contributed by atoms with E-state index in [0.717, 1.165) is 0 Å². The van der Waals surface area contributed by atoms with Gasteiger partial charge >= 0.3 is 17.1 Å². The Balaban J connectivity index is -0.000000218. The van der Waals surface area contributed by atoms with E-state index in [0.29, 0.717) is 12.8 Å². The molecular formula is C12H22CuO4. The quantitative estimate of drug-likeness (QED) is 0.700. The Labute approximate surface area is 114 Å². The Bertz CT molecular complexity index is 221. The number of carboxylic acid groups (broad SMARTS) is 2. The molecule has 0 aromatic carbocycles. The Morgan fingerprint density at radius 2 is 1.00 bits per heavy atom. The van der Waals surface area contributed by atoms with E-state index in [9.17, 15) is 19.8 Å². The predicted molar refractivity (Wildman–Crippen MR) is 58.2 cm³/mol. The van der Waals surface area contributed by atoms with E-state index >= 15 is 0 Å². The zero-order valence-corrected chi connectivity index (χ0v) is 12.3. The number of hydrogen-bond acceptors (Lipinski definition) is 4. The molecule has 17 heavy (non-hydrogen) atoms. The van der Waals surface area contributed by atoms with Crippen LogP contribution in [0.2, 0.25) is 0 Å². The fourth-order valence-corrected chi connectivity index (χ4v) is 0.289. The van der Waals surface area contributed by atoms with E-state index in [4.69, 9.17) is 0 Å². The van der Waals surface area contributed by atoms with E-state index in [1.165, 1.54) is 0 Å². The summed E-state index contributed by atoms with van der Waals surface area (Å²) in [5, 5.41) is 20.3. The number of carbonyl (C=O) groups is 2. The second-order valence-corrected chi connectivity index (χ2v) is 5.05. The zero-order valence-electron chi connectivity index (χ0n) is 11.3. The second-order valence-electron chi connectivity index (χ2n) is 5.05. The molecule has 105 valence electrons. The first-order valence-corrected chi connectivity index (χ1v) is 5.44. The van der Waals surface area contributed by atoms with Gasteiger partial charge in [0.1, 0.15) is 0 Å². The summed E-state index contributed by atoms with van der Waals surface area (Å²) in [6, 6.07) is 0. The molecule has 0 aromatic heterocycles. The van der Waals surface area contributed by atoms with Gasteiger partial charge in [0, 0.05) is 22.8 Å². The zero-order chi connectivity index (χ0) is 13.6. The maximum Gasteiger partial charge on any atom is 2.00 e. The molecule has 0 saturated carbocycles. The molecule has 5 heteroatoms. The first kappa shape index (κ1) is 21.7. The van der Waals surface area contributed by atoms with Crippen LogP contribution in [-0.2, 0) is 26.7 Å². The van der Waals surface area contributed by atoms with Gasteiger partial charge < -0.3 is 19.8 Å². The maximum absolute atomic E-state index is 10.1. The van der Waals surface area contributed by atoms with Gasteiger partial charge in [0.05, 0.1) is 0 Å². The Morgan fingerprint density at radius 3 is 1.00 bits per heavy atom. The largest absolute Gasteiger partial charge is 2.00 e. The summed E-state index contributed by atoms with van der Waals surface area (Å²) in [6.07, 6.45) is 1.24. The average molecular weight is 294 g/mol. The fraction of sp³-hybridized carbons (Fsp3) is 0.833. The van der Waals surface area contributed by atoms with Gasteiger partial charge in [-0.1, -0.05) is 41.5 Å². The molecule has 0 bridgehead atoms. The molecule has 0 unspecified atom stereocenters. The smallest absolute Gasteiger partial charge is 0.550 e. The van der Waals surface area contributed by atoms with Crippen LogP contribution in [0.25, 0.3) is 0 Å². The normalized spacial score (nSPS) is 10.7. The van der Waals surface area contributed by atoms with E-state index in [1.54, 1.807) is 27.7 Å². The number of hydrogen-bond donors (Lipinski definition) is 0. The minimum Gasteiger partial charge on any atom is -0.550 e. The molecule has 1 radical (unpaired) electrons. The molecule has 0 aliphatic carbocycles. The van der Waals surface area contributed by atoms with Crippen molar-refractivity contribution in [3.05, 3.63) is 0 Å². The number of carboxylic acids is 2. The first-order chi connectivity index (χ1) is 7.01.